The van der Waals surface area contributed by atoms with Gasteiger partial charge in [-0.2, -0.15) is 0 Å². The maximum Gasteiger partial charge on any atom is 0.229 e. The summed E-state index contributed by atoms with van der Waals surface area (Å²) in [7, 11) is 0. The average Bonchev–Trinajstić information content (AvgIpc) is 3.20. The SMILES string of the molecule is Cl.O=C(Nc1cccc(-c2ccccc2)c1)[C@@H]1CNC[C@H]1c1ccccc1. The maximum absolute atomic E-state index is 12.9. The summed E-state index contributed by atoms with van der Waals surface area (Å²) in [5, 5.41) is 6.48. The maximum atomic E-state index is 12.9. The summed E-state index contributed by atoms with van der Waals surface area (Å²) < 4.78 is 0. The number of hydrogen-bond donors (Lipinski definition) is 2. The van der Waals surface area contributed by atoms with Crippen molar-refractivity contribution >= 4 is 24.0 Å². The molecular weight excluding hydrogens is 356 g/mol. The van der Waals surface area contributed by atoms with Crippen molar-refractivity contribution in [1.29, 1.82) is 0 Å². The largest absolute Gasteiger partial charge is 0.326 e. The first kappa shape index (κ1) is 19.2. The predicted molar refractivity (Wildman–Crippen MR) is 113 cm³/mol. The molecule has 0 aromatic heterocycles. The lowest BCUT2D eigenvalue weighted by atomic mass is 9.88. The van der Waals surface area contributed by atoms with Gasteiger partial charge in [0, 0.05) is 24.7 Å². The molecule has 1 amide bonds. The Kier molecular flexibility index (Phi) is 6.28. The molecule has 1 aliphatic heterocycles. The van der Waals surface area contributed by atoms with Gasteiger partial charge in [-0.05, 0) is 28.8 Å². The van der Waals surface area contributed by atoms with Crippen molar-refractivity contribution in [2.24, 2.45) is 5.92 Å². The molecule has 27 heavy (non-hydrogen) atoms. The van der Waals surface area contributed by atoms with Crippen molar-refractivity contribution in [3.8, 4) is 11.1 Å². The van der Waals surface area contributed by atoms with Crippen LogP contribution in [-0.4, -0.2) is 19.0 Å². The number of nitrogens with one attached hydrogen (secondary N) is 2. The second-order valence-electron chi connectivity index (χ2n) is 6.72. The molecule has 0 aliphatic carbocycles. The Balaban J connectivity index is 0.00000210. The highest BCUT2D eigenvalue weighted by molar-refractivity contribution is 5.94. The highest BCUT2D eigenvalue weighted by Crippen LogP contribution is 2.29. The van der Waals surface area contributed by atoms with Gasteiger partial charge in [0.15, 0.2) is 0 Å². The normalized spacial score (nSPS) is 18.5. The highest BCUT2D eigenvalue weighted by Gasteiger charge is 2.33. The molecule has 2 atom stereocenters. The van der Waals surface area contributed by atoms with Crippen molar-refractivity contribution in [2.75, 3.05) is 18.4 Å². The molecule has 1 fully saturated rings. The lowest BCUT2D eigenvalue weighted by molar-refractivity contribution is -0.119. The van der Waals surface area contributed by atoms with Crippen LogP contribution in [0.4, 0.5) is 5.69 Å². The molecular formula is C23H23ClN2O. The predicted octanol–water partition coefficient (Wildman–Crippen LogP) is 4.72. The molecule has 3 aromatic rings. The van der Waals surface area contributed by atoms with Gasteiger partial charge in [-0.1, -0.05) is 72.8 Å². The molecule has 4 heteroatoms. The standard InChI is InChI=1S/C23H22N2O.ClH/c26-23(22-16-24-15-21(22)18-10-5-2-6-11-18)25-20-13-7-12-19(14-20)17-8-3-1-4-9-17;/h1-14,21-22,24H,15-16H2,(H,25,26);1H/t21-,22+;/m0./s1. The molecule has 0 bridgehead atoms. The molecule has 0 radical (unpaired) electrons. The van der Waals surface area contributed by atoms with Crippen LogP contribution in [0.2, 0.25) is 0 Å². The number of anilines is 1. The second-order valence-corrected chi connectivity index (χ2v) is 6.72. The van der Waals surface area contributed by atoms with E-state index in [2.05, 4.69) is 41.0 Å². The van der Waals surface area contributed by atoms with E-state index < -0.39 is 0 Å². The third-order valence-electron chi connectivity index (χ3n) is 5.02. The fourth-order valence-electron chi connectivity index (χ4n) is 3.65. The zero-order valence-electron chi connectivity index (χ0n) is 15.0. The Labute approximate surface area is 166 Å². The van der Waals surface area contributed by atoms with Crippen LogP contribution in [0.25, 0.3) is 11.1 Å². The smallest absolute Gasteiger partial charge is 0.229 e. The van der Waals surface area contributed by atoms with Gasteiger partial charge in [-0.15, -0.1) is 12.4 Å². The van der Waals surface area contributed by atoms with Crippen molar-refractivity contribution in [2.45, 2.75) is 5.92 Å². The molecule has 3 aromatic carbocycles. The van der Waals surface area contributed by atoms with Crippen LogP contribution in [-0.2, 0) is 4.79 Å². The van der Waals surface area contributed by atoms with E-state index >= 15 is 0 Å². The first-order chi connectivity index (χ1) is 12.8. The quantitative estimate of drug-likeness (QED) is 0.689. The van der Waals surface area contributed by atoms with E-state index in [1.54, 1.807) is 0 Å². The number of benzene rings is 3. The number of halogens is 1. The number of amides is 1. The van der Waals surface area contributed by atoms with Gasteiger partial charge in [0.2, 0.25) is 5.91 Å². The van der Waals surface area contributed by atoms with E-state index in [1.807, 2.05) is 54.6 Å². The highest BCUT2D eigenvalue weighted by atomic mass is 35.5. The van der Waals surface area contributed by atoms with Gasteiger partial charge < -0.3 is 10.6 Å². The zero-order valence-corrected chi connectivity index (χ0v) is 15.8. The molecule has 1 aliphatic rings. The first-order valence-electron chi connectivity index (χ1n) is 9.03. The van der Waals surface area contributed by atoms with E-state index in [4.69, 9.17) is 0 Å². The number of hydrogen-bond acceptors (Lipinski definition) is 2. The van der Waals surface area contributed by atoms with Crippen molar-refractivity contribution in [1.82, 2.24) is 5.32 Å². The van der Waals surface area contributed by atoms with E-state index in [-0.39, 0.29) is 30.2 Å². The van der Waals surface area contributed by atoms with Crippen LogP contribution in [0, 0.1) is 5.92 Å². The molecule has 4 rings (SSSR count). The molecule has 1 heterocycles. The van der Waals surface area contributed by atoms with Crippen LogP contribution < -0.4 is 10.6 Å². The van der Waals surface area contributed by atoms with E-state index in [9.17, 15) is 4.79 Å². The minimum Gasteiger partial charge on any atom is -0.326 e. The molecule has 0 saturated carbocycles. The van der Waals surface area contributed by atoms with Gasteiger partial charge in [0.05, 0.1) is 5.92 Å². The summed E-state index contributed by atoms with van der Waals surface area (Å²) in [5.74, 6) is 0.236. The van der Waals surface area contributed by atoms with Crippen LogP contribution in [0.1, 0.15) is 11.5 Å². The van der Waals surface area contributed by atoms with Gasteiger partial charge in [-0.25, -0.2) is 0 Å². The summed E-state index contributed by atoms with van der Waals surface area (Å²) in [4.78, 5) is 12.9. The summed E-state index contributed by atoms with van der Waals surface area (Å²) in [5.41, 5.74) is 4.31. The second kappa shape index (κ2) is 8.85. The Morgan fingerprint density at radius 1 is 0.815 bits per heavy atom. The lowest BCUT2D eigenvalue weighted by Crippen LogP contribution is -2.28. The number of carbonyl (C=O) groups is 1. The molecule has 0 spiro atoms. The minimum atomic E-state index is -0.0576. The zero-order chi connectivity index (χ0) is 17.8. The molecule has 0 unspecified atom stereocenters. The minimum absolute atomic E-state index is 0. The fraction of sp³-hybridized carbons (Fsp3) is 0.174. The van der Waals surface area contributed by atoms with E-state index in [0.717, 1.165) is 23.4 Å². The lowest BCUT2D eigenvalue weighted by Gasteiger charge is -2.19. The number of rotatable bonds is 4. The third kappa shape index (κ3) is 4.38. The number of carbonyl (C=O) groups excluding carboxylic acids is 1. The van der Waals surface area contributed by atoms with Gasteiger partial charge in [-0.3, -0.25) is 4.79 Å². The summed E-state index contributed by atoms with van der Waals surface area (Å²) >= 11 is 0. The van der Waals surface area contributed by atoms with Crippen LogP contribution in [0.3, 0.4) is 0 Å². The Morgan fingerprint density at radius 3 is 2.22 bits per heavy atom. The van der Waals surface area contributed by atoms with Crippen LogP contribution >= 0.6 is 12.4 Å². The monoisotopic (exact) mass is 378 g/mol. The van der Waals surface area contributed by atoms with Crippen molar-refractivity contribution in [3.63, 3.8) is 0 Å². The summed E-state index contributed by atoms with van der Waals surface area (Å²) in [6.07, 6.45) is 0. The molecule has 2 N–H and O–H groups in total. The van der Waals surface area contributed by atoms with Crippen molar-refractivity contribution < 1.29 is 4.79 Å². The van der Waals surface area contributed by atoms with E-state index in [0.29, 0.717) is 6.54 Å². The average molecular weight is 379 g/mol. The fourth-order valence-corrected chi connectivity index (χ4v) is 3.65. The van der Waals surface area contributed by atoms with Gasteiger partial charge >= 0.3 is 0 Å². The Hall–Kier alpha value is -2.62. The van der Waals surface area contributed by atoms with Crippen LogP contribution in [0.15, 0.2) is 84.9 Å². The molecule has 138 valence electrons. The first-order valence-corrected chi connectivity index (χ1v) is 9.03. The topological polar surface area (TPSA) is 41.1 Å². The van der Waals surface area contributed by atoms with E-state index in [1.165, 1.54) is 5.56 Å². The molecule has 1 saturated heterocycles. The van der Waals surface area contributed by atoms with Crippen molar-refractivity contribution in [3.05, 3.63) is 90.5 Å². The van der Waals surface area contributed by atoms with Gasteiger partial charge in [0.1, 0.15) is 0 Å². The molecule has 3 nitrogen and oxygen atoms in total. The third-order valence-corrected chi connectivity index (χ3v) is 5.02. The summed E-state index contributed by atoms with van der Waals surface area (Å²) in [6, 6.07) is 28.5. The van der Waals surface area contributed by atoms with Gasteiger partial charge in [0.25, 0.3) is 0 Å². The Bertz CT molecular complexity index is 883. The Morgan fingerprint density at radius 2 is 1.48 bits per heavy atom. The van der Waals surface area contributed by atoms with Crippen LogP contribution in [0.5, 0.6) is 0 Å². The summed E-state index contributed by atoms with van der Waals surface area (Å²) in [6.45, 7) is 1.55.